The maximum absolute atomic E-state index is 12.6. The first kappa shape index (κ1) is 19.6. The quantitative estimate of drug-likeness (QED) is 0.364. The van der Waals surface area contributed by atoms with Gasteiger partial charge >= 0.3 is 5.97 Å². The van der Waals surface area contributed by atoms with Crippen LogP contribution in [0.15, 0.2) is 66.7 Å². The zero-order valence-electron chi connectivity index (χ0n) is 15.5. The lowest BCUT2D eigenvalue weighted by Crippen LogP contribution is -2.23. The van der Waals surface area contributed by atoms with E-state index in [4.69, 9.17) is 16.3 Å². The highest BCUT2D eigenvalue weighted by atomic mass is 35.5. The number of benzene rings is 3. The van der Waals surface area contributed by atoms with E-state index in [-0.39, 0.29) is 5.69 Å². The van der Waals surface area contributed by atoms with Crippen molar-refractivity contribution in [1.82, 2.24) is 0 Å². The normalized spacial score (nSPS) is 15.1. The Balaban J connectivity index is 1.57. The van der Waals surface area contributed by atoms with E-state index in [9.17, 15) is 19.7 Å². The molecule has 1 atom stereocenters. The number of cyclic esters (lactones) is 1. The Hall–Kier alpha value is -3.71. The molecule has 0 saturated carbocycles. The Bertz CT molecular complexity index is 1160. The number of rotatable bonds is 4. The van der Waals surface area contributed by atoms with Crippen molar-refractivity contribution in [2.24, 2.45) is 0 Å². The lowest BCUT2D eigenvalue weighted by Gasteiger charge is -2.25. The Morgan fingerprint density at radius 2 is 1.87 bits per heavy atom. The summed E-state index contributed by atoms with van der Waals surface area (Å²) in [5, 5.41) is 14.1. The van der Waals surface area contributed by atoms with Gasteiger partial charge in [-0.15, -0.1) is 0 Å². The second kappa shape index (κ2) is 7.96. The van der Waals surface area contributed by atoms with Crippen LogP contribution in [0.4, 0.5) is 11.4 Å². The molecule has 1 aliphatic rings. The van der Waals surface area contributed by atoms with Gasteiger partial charge in [0, 0.05) is 34.8 Å². The van der Waals surface area contributed by atoms with Gasteiger partial charge in [-0.25, -0.2) is 4.79 Å². The first-order chi connectivity index (χ1) is 14.4. The van der Waals surface area contributed by atoms with Crippen LogP contribution >= 0.6 is 11.6 Å². The minimum absolute atomic E-state index is 0.119. The van der Waals surface area contributed by atoms with Gasteiger partial charge in [0.25, 0.3) is 11.6 Å². The second-order valence-corrected chi connectivity index (χ2v) is 7.22. The third kappa shape index (κ3) is 4.01. The highest BCUT2D eigenvalue weighted by molar-refractivity contribution is 6.30. The Morgan fingerprint density at radius 3 is 2.60 bits per heavy atom. The molecule has 0 radical (unpaired) electrons. The molecule has 0 saturated heterocycles. The van der Waals surface area contributed by atoms with Crippen LogP contribution in [-0.2, 0) is 11.2 Å². The largest absolute Gasteiger partial charge is 0.454 e. The number of carbonyl (C=O) groups is 2. The molecule has 150 valence electrons. The molecule has 0 aliphatic carbocycles. The minimum atomic E-state index is -0.531. The molecule has 0 unspecified atom stereocenters. The molecule has 4 rings (SSSR count). The van der Waals surface area contributed by atoms with Gasteiger partial charge in [0.15, 0.2) is 0 Å². The number of ether oxygens (including phenoxy) is 1. The number of non-ortho nitro benzene ring substituents is 1. The minimum Gasteiger partial charge on any atom is -0.454 e. The fraction of sp³-hybridized carbons (Fsp3) is 0.0909. The van der Waals surface area contributed by atoms with E-state index in [2.05, 4.69) is 5.32 Å². The number of hydrogen-bond donors (Lipinski definition) is 1. The zero-order chi connectivity index (χ0) is 21.3. The molecule has 30 heavy (non-hydrogen) atoms. The summed E-state index contributed by atoms with van der Waals surface area (Å²) in [5.74, 6) is -0.887. The van der Waals surface area contributed by atoms with Gasteiger partial charge in [0.1, 0.15) is 6.10 Å². The van der Waals surface area contributed by atoms with Crippen LogP contribution in [0, 0.1) is 10.1 Å². The molecule has 8 heteroatoms. The predicted molar refractivity (Wildman–Crippen MR) is 111 cm³/mol. The van der Waals surface area contributed by atoms with Gasteiger partial charge in [-0.05, 0) is 47.5 Å². The smallest absolute Gasteiger partial charge is 0.339 e. The van der Waals surface area contributed by atoms with Crippen LogP contribution < -0.4 is 5.32 Å². The average Bonchev–Trinajstić information content (AvgIpc) is 2.74. The number of anilines is 1. The van der Waals surface area contributed by atoms with Crippen LogP contribution in [0.1, 0.15) is 37.9 Å². The number of nitro benzene ring substituents is 1. The number of hydrogen-bond acceptors (Lipinski definition) is 5. The number of esters is 1. The molecule has 3 aromatic rings. The van der Waals surface area contributed by atoms with Crippen molar-refractivity contribution < 1.29 is 19.2 Å². The summed E-state index contributed by atoms with van der Waals surface area (Å²) >= 11 is 5.92. The Morgan fingerprint density at radius 1 is 1.10 bits per heavy atom. The molecular formula is C22H15ClN2O5. The molecule has 0 aromatic heterocycles. The number of halogens is 1. The summed E-state index contributed by atoms with van der Waals surface area (Å²) in [6.45, 7) is 0. The van der Waals surface area contributed by atoms with Gasteiger partial charge in [-0.3, -0.25) is 14.9 Å². The maximum atomic E-state index is 12.6. The van der Waals surface area contributed by atoms with Crippen molar-refractivity contribution >= 4 is 34.9 Å². The molecule has 1 N–H and O–H groups in total. The number of fused-ring (bicyclic) bond motifs is 1. The first-order valence-electron chi connectivity index (χ1n) is 9.06. The van der Waals surface area contributed by atoms with Crippen molar-refractivity contribution in [1.29, 1.82) is 0 Å². The molecule has 0 fully saturated rings. The number of nitro groups is 1. The molecule has 1 amide bonds. The Labute approximate surface area is 176 Å². The maximum Gasteiger partial charge on any atom is 0.339 e. The molecule has 0 bridgehead atoms. The van der Waals surface area contributed by atoms with Crippen molar-refractivity contribution in [2.75, 3.05) is 5.32 Å². The van der Waals surface area contributed by atoms with E-state index in [1.54, 1.807) is 42.5 Å². The number of nitrogens with one attached hydrogen (secondary N) is 1. The van der Waals surface area contributed by atoms with E-state index >= 15 is 0 Å². The van der Waals surface area contributed by atoms with Gasteiger partial charge in [0.05, 0.1) is 10.5 Å². The van der Waals surface area contributed by atoms with Crippen molar-refractivity contribution in [3.05, 3.63) is 104 Å². The summed E-state index contributed by atoms with van der Waals surface area (Å²) in [6, 6.07) is 17.4. The summed E-state index contributed by atoms with van der Waals surface area (Å²) in [4.78, 5) is 35.4. The van der Waals surface area contributed by atoms with Gasteiger partial charge in [-0.2, -0.15) is 0 Å². The molecule has 1 aliphatic heterocycles. The second-order valence-electron chi connectivity index (χ2n) is 6.78. The number of nitrogens with zero attached hydrogens (tertiary/aromatic N) is 1. The molecular weight excluding hydrogens is 408 g/mol. The number of carbonyl (C=O) groups excluding carboxylic acids is 2. The zero-order valence-corrected chi connectivity index (χ0v) is 16.3. The third-order valence-corrected chi connectivity index (χ3v) is 5.05. The van der Waals surface area contributed by atoms with E-state index < -0.39 is 22.9 Å². The van der Waals surface area contributed by atoms with Crippen molar-refractivity contribution in [3.8, 4) is 0 Å². The summed E-state index contributed by atoms with van der Waals surface area (Å²) in [6.07, 6.45) is -0.0574. The van der Waals surface area contributed by atoms with E-state index in [0.29, 0.717) is 33.8 Å². The van der Waals surface area contributed by atoms with Crippen LogP contribution in [0.25, 0.3) is 0 Å². The average molecular weight is 423 g/mol. The predicted octanol–water partition coefficient (Wildman–Crippen LogP) is 4.95. The first-order valence-corrected chi connectivity index (χ1v) is 9.44. The van der Waals surface area contributed by atoms with Crippen LogP contribution in [-0.4, -0.2) is 16.8 Å². The highest BCUT2D eigenvalue weighted by Gasteiger charge is 2.28. The van der Waals surface area contributed by atoms with E-state index in [0.717, 1.165) is 5.56 Å². The van der Waals surface area contributed by atoms with E-state index in [1.807, 2.05) is 0 Å². The molecule has 7 nitrogen and oxygen atoms in total. The lowest BCUT2D eigenvalue weighted by molar-refractivity contribution is -0.384. The molecule has 0 spiro atoms. The standard InChI is InChI=1S/C22H15ClN2O5/c23-16-7-4-13(5-8-16)20-11-15-10-14(6-9-19(15)22(27)30-20)21(26)24-17-2-1-3-18(12-17)25(28)29/h1-10,12,20H,11H2,(H,24,26)/t20-/m0/s1. The summed E-state index contributed by atoms with van der Waals surface area (Å²) in [7, 11) is 0. The monoisotopic (exact) mass is 422 g/mol. The van der Waals surface area contributed by atoms with Crippen molar-refractivity contribution in [3.63, 3.8) is 0 Å². The fourth-order valence-corrected chi connectivity index (χ4v) is 3.43. The lowest BCUT2D eigenvalue weighted by atomic mass is 9.93. The van der Waals surface area contributed by atoms with Gasteiger partial charge in [-0.1, -0.05) is 29.8 Å². The highest BCUT2D eigenvalue weighted by Crippen LogP contribution is 2.32. The summed E-state index contributed by atoms with van der Waals surface area (Å²) in [5.41, 5.74) is 2.44. The van der Waals surface area contributed by atoms with Gasteiger partial charge < -0.3 is 10.1 Å². The van der Waals surface area contributed by atoms with E-state index in [1.165, 1.54) is 24.3 Å². The SMILES string of the molecule is O=C(Nc1cccc([N+](=O)[O-])c1)c1ccc2c(c1)C[C@@H](c1ccc(Cl)cc1)OC2=O. The van der Waals surface area contributed by atoms with Crippen LogP contribution in [0.5, 0.6) is 0 Å². The topological polar surface area (TPSA) is 98.5 Å². The van der Waals surface area contributed by atoms with Crippen molar-refractivity contribution in [2.45, 2.75) is 12.5 Å². The van der Waals surface area contributed by atoms with Crippen LogP contribution in [0.2, 0.25) is 5.02 Å². The van der Waals surface area contributed by atoms with Crippen LogP contribution in [0.3, 0.4) is 0 Å². The molecule has 3 aromatic carbocycles. The molecule has 1 heterocycles. The van der Waals surface area contributed by atoms with Gasteiger partial charge in [0.2, 0.25) is 0 Å². The summed E-state index contributed by atoms with van der Waals surface area (Å²) < 4.78 is 5.52. The Kier molecular flexibility index (Phi) is 5.20. The third-order valence-electron chi connectivity index (χ3n) is 4.80. The fourth-order valence-electron chi connectivity index (χ4n) is 3.30. The number of amides is 1.